The first-order chi connectivity index (χ1) is 6.20. The normalized spacial score (nSPS) is 22.0. The molecule has 1 aliphatic carbocycles. The fourth-order valence-corrected chi connectivity index (χ4v) is 1.80. The smallest absolute Gasteiger partial charge is 0.237 e. The molecule has 0 aromatic heterocycles. The summed E-state index contributed by atoms with van der Waals surface area (Å²) in [5.74, 6) is -0.0198. The summed E-state index contributed by atoms with van der Waals surface area (Å²) in [6.45, 7) is 1.72. The van der Waals surface area contributed by atoms with E-state index in [0.717, 1.165) is 12.8 Å². The summed E-state index contributed by atoms with van der Waals surface area (Å²) in [4.78, 5) is 11.3. The molecule has 0 bridgehead atoms. The lowest BCUT2D eigenvalue weighted by atomic mass is 10.1. The Morgan fingerprint density at radius 1 is 1.31 bits per heavy atom. The molecule has 0 spiro atoms. The van der Waals surface area contributed by atoms with Crippen molar-refractivity contribution in [3.8, 4) is 0 Å². The highest BCUT2D eigenvalue weighted by molar-refractivity contribution is 6.30. The van der Waals surface area contributed by atoms with Gasteiger partial charge >= 0.3 is 0 Å². The van der Waals surface area contributed by atoms with Crippen LogP contribution in [-0.4, -0.2) is 17.3 Å². The molecule has 2 nitrogen and oxygen atoms in total. The van der Waals surface area contributed by atoms with Crippen molar-refractivity contribution in [3.05, 3.63) is 0 Å². The second kappa shape index (κ2) is 5.48. The molecule has 1 aliphatic rings. The number of alkyl halides is 1. The van der Waals surface area contributed by atoms with Crippen molar-refractivity contribution in [1.29, 1.82) is 0 Å². The highest BCUT2D eigenvalue weighted by atomic mass is 35.5. The topological polar surface area (TPSA) is 29.1 Å². The zero-order valence-corrected chi connectivity index (χ0v) is 8.94. The van der Waals surface area contributed by atoms with Gasteiger partial charge in [0.05, 0.1) is 0 Å². The summed E-state index contributed by atoms with van der Waals surface area (Å²) in [5, 5.41) is 2.59. The van der Waals surface area contributed by atoms with Gasteiger partial charge in [0.1, 0.15) is 5.38 Å². The third-order valence-corrected chi connectivity index (χ3v) is 2.76. The fraction of sp³-hybridized carbons (Fsp3) is 0.900. The van der Waals surface area contributed by atoms with Crippen LogP contribution in [0.2, 0.25) is 0 Å². The molecule has 1 amide bonds. The van der Waals surface area contributed by atoms with Crippen LogP contribution in [-0.2, 0) is 4.79 Å². The Labute approximate surface area is 85.0 Å². The molecule has 13 heavy (non-hydrogen) atoms. The van der Waals surface area contributed by atoms with Crippen LogP contribution in [0.25, 0.3) is 0 Å². The molecule has 0 radical (unpaired) electrons. The van der Waals surface area contributed by atoms with Crippen LogP contribution >= 0.6 is 11.6 Å². The van der Waals surface area contributed by atoms with Crippen molar-refractivity contribution in [2.45, 2.75) is 56.9 Å². The lowest BCUT2D eigenvalue weighted by Crippen LogP contribution is -2.38. The largest absolute Gasteiger partial charge is 0.352 e. The first kappa shape index (κ1) is 10.8. The second-order valence-electron chi connectivity index (χ2n) is 3.81. The quantitative estimate of drug-likeness (QED) is 0.542. The number of carbonyl (C=O) groups excluding carboxylic acids is 1. The monoisotopic (exact) mass is 203 g/mol. The zero-order chi connectivity index (χ0) is 9.68. The van der Waals surface area contributed by atoms with Crippen molar-refractivity contribution in [1.82, 2.24) is 5.32 Å². The van der Waals surface area contributed by atoms with Gasteiger partial charge in [0.15, 0.2) is 0 Å². The highest BCUT2D eigenvalue weighted by Gasteiger charge is 2.16. The number of nitrogens with one attached hydrogen (secondary N) is 1. The lowest BCUT2D eigenvalue weighted by Gasteiger charge is -2.16. The van der Waals surface area contributed by atoms with Gasteiger partial charge in [0.2, 0.25) is 5.91 Å². The number of halogens is 1. The molecule has 76 valence electrons. The van der Waals surface area contributed by atoms with Crippen LogP contribution in [0, 0.1) is 0 Å². The summed E-state index contributed by atoms with van der Waals surface area (Å²) in [5.41, 5.74) is 0. The number of hydrogen-bond donors (Lipinski definition) is 1. The fourth-order valence-electron chi connectivity index (χ4n) is 1.74. The first-order valence-corrected chi connectivity index (χ1v) is 5.58. The molecule has 0 aromatic rings. The van der Waals surface area contributed by atoms with Crippen LogP contribution in [0.15, 0.2) is 0 Å². The van der Waals surface area contributed by atoms with Crippen LogP contribution in [0.4, 0.5) is 0 Å². The predicted molar refractivity (Wildman–Crippen MR) is 54.9 cm³/mol. The van der Waals surface area contributed by atoms with Gasteiger partial charge in [-0.25, -0.2) is 0 Å². The van der Waals surface area contributed by atoms with Gasteiger partial charge in [-0.05, 0) is 19.8 Å². The third kappa shape index (κ3) is 3.99. The summed E-state index contributed by atoms with van der Waals surface area (Å²) >= 11 is 5.68. The van der Waals surface area contributed by atoms with E-state index in [9.17, 15) is 4.79 Å². The summed E-state index contributed by atoms with van der Waals surface area (Å²) in [6, 6.07) is 0.371. The zero-order valence-electron chi connectivity index (χ0n) is 8.18. The molecule has 0 heterocycles. The van der Waals surface area contributed by atoms with Crippen molar-refractivity contribution in [2.75, 3.05) is 0 Å². The van der Waals surface area contributed by atoms with Crippen LogP contribution < -0.4 is 5.32 Å². The molecule has 0 aromatic carbocycles. The van der Waals surface area contributed by atoms with E-state index in [-0.39, 0.29) is 5.91 Å². The van der Waals surface area contributed by atoms with Gasteiger partial charge in [-0.3, -0.25) is 4.79 Å². The Kier molecular flexibility index (Phi) is 4.57. The Bertz CT molecular complexity index is 162. The number of carbonyl (C=O) groups is 1. The Morgan fingerprint density at radius 3 is 2.31 bits per heavy atom. The Balaban J connectivity index is 2.29. The standard InChI is InChI=1S/C10H18ClNO/c1-8(11)10(13)12-9-6-4-2-3-5-7-9/h8-9H,2-7H2,1H3,(H,12,13)/t8-/m0/s1. The Morgan fingerprint density at radius 2 is 1.85 bits per heavy atom. The highest BCUT2D eigenvalue weighted by Crippen LogP contribution is 2.17. The van der Waals surface area contributed by atoms with Crippen LogP contribution in [0.3, 0.4) is 0 Å². The minimum Gasteiger partial charge on any atom is -0.352 e. The van der Waals surface area contributed by atoms with Gasteiger partial charge < -0.3 is 5.32 Å². The average Bonchev–Trinajstić information content (AvgIpc) is 2.32. The molecule has 0 aliphatic heterocycles. The van der Waals surface area contributed by atoms with E-state index in [4.69, 9.17) is 11.6 Å². The van der Waals surface area contributed by atoms with E-state index in [1.165, 1.54) is 25.7 Å². The van der Waals surface area contributed by atoms with Crippen molar-refractivity contribution < 1.29 is 4.79 Å². The number of hydrogen-bond acceptors (Lipinski definition) is 1. The molecule has 3 heteroatoms. The summed E-state index contributed by atoms with van der Waals surface area (Å²) < 4.78 is 0. The maximum absolute atomic E-state index is 11.3. The van der Waals surface area contributed by atoms with Crippen LogP contribution in [0.1, 0.15) is 45.4 Å². The van der Waals surface area contributed by atoms with Gasteiger partial charge in [0.25, 0.3) is 0 Å². The van der Waals surface area contributed by atoms with E-state index in [1.807, 2.05) is 0 Å². The van der Waals surface area contributed by atoms with Crippen molar-refractivity contribution in [3.63, 3.8) is 0 Å². The molecule has 1 saturated carbocycles. The predicted octanol–water partition coefficient (Wildman–Crippen LogP) is 2.45. The molecule has 0 unspecified atom stereocenters. The molecular formula is C10H18ClNO. The van der Waals surface area contributed by atoms with E-state index < -0.39 is 5.38 Å². The minimum absolute atomic E-state index is 0.0198. The summed E-state index contributed by atoms with van der Waals surface area (Å²) in [6.07, 6.45) is 7.33. The minimum atomic E-state index is -0.400. The van der Waals surface area contributed by atoms with Gasteiger partial charge in [-0.2, -0.15) is 0 Å². The van der Waals surface area contributed by atoms with Gasteiger partial charge in [0, 0.05) is 6.04 Å². The maximum Gasteiger partial charge on any atom is 0.237 e. The SMILES string of the molecule is C[C@H](Cl)C(=O)NC1CCCCCC1. The van der Waals surface area contributed by atoms with Crippen molar-refractivity contribution in [2.24, 2.45) is 0 Å². The molecule has 1 atom stereocenters. The molecule has 1 fully saturated rings. The molecule has 0 saturated heterocycles. The first-order valence-electron chi connectivity index (χ1n) is 5.14. The van der Waals surface area contributed by atoms with Gasteiger partial charge in [-0.15, -0.1) is 11.6 Å². The van der Waals surface area contributed by atoms with Gasteiger partial charge in [-0.1, -0.05) is 25.7 Å². The number of amides is 1. The van der Waals surface area contributed by atoms with E-state index in [2.05, 4.69) is 5.32 Å². The maximum atomic E-state index is 11.3. The Hall–Kier alpha value is -0.240. The van der Waals surface area contributed by atoms with E-state index in [1.54, 1.807) is 6.92 Å². The lowest BCUT2D eigenvalue weighted by molar-refractivity contribution is -0.121. The van der Waals surface area contributed by atoms with Crippen LogP contribution in [0.5, 0.6) is 0 Å². The second-order valence-corrected chi connectivity index (χ2v) is 4.47. The van der Waals surface area contributed by atoms with E-state index >= 15 is 0 Å². The number of rotatable bonds is 2. The summed E-state index contributed by atoms with van der Waals surface area (Å²) in [7, 11) is 0. The van der Waals surface area contributed by atoms with E-state index in [0.29, 0.717) is 6.04 Å². The van der Waals surface area contributed by atoms with Crippen molar-refractivity contribution >= 4 is 17.5 Å². The average molecular weight is 204 g/mol. The molecule has 1 N–H and O–H groups in total. The third-order valence-electron chi connectivity index (χ3n) is 2.56. The molecular weight excluding hydrogens is 186 g/mol. The molecule has 1 rings (SSSR count).